The summed E-state index contributed by atoms with van der Waals surface area (Å²) >= 11 is 0. The molecule has 0 aromatic heterocycles. The van der Waals surface area contributed by atoms with Gasteiger partial charge in [0.05, 0.1) is 19.3 Å². The summed E-state index contributed by atoms with van der Waals surface area (Å²) in [6.45, 7) is 5.18. The highest BCUT2D eigenvalue weighted by atomic mass is 16.8. The Balaban J connectivity index is 0.00000260. The van der Waals surface area contributed by atoms with Gasteiger partial charge in [0.2, 0.25) is 5.91 Å². The number of ether oxygens (including phenoxy) is 6. The lowest BCUT2D eigenvalue weighted by atomic mass is 9.95. The van der Waals surface area contributed by atoms with Crippen LogP contribution in [0.2, 0.25) is 0 Å². The summed E-state index contributed by atoms with van der Waals surface area (Å²) < 4.78 is 33.6. The van der Waals surface area contributed by atoms with Gasteiger partial charge in [0.1, 0.15) is 67.1 Å². The molecular weight excluding hydrogens is 530 g/mol. The number of nitrogens with one attached hydrogen (secondary N) is 1. The van der Waals surface area contributed by atoms with Gasteiger partial charge in [0.25, 0.3) is 0 Å². The van der Waals surface area contributed by atoms with Crippen molar-refractivity contribution in [2.75, 3.05) is 20.3 Å². The fourth-order valence-electron chi connectivity index (χ4n) is 4.55. The lowest BCUT2D eigenvalue weighted by molar-refractivity contribution is -0.382. The van der Waals surface area contributed by atoms with Crippen LogP contribution in [0.25, 0.3) is 0 Å². The molecule has 0 aromatic rings. The van der Waals surface area contributed by atoms with Gasteiger partial charge in [-0.2, -0.15) is 0 Å². The Morgan fingerprint density at radius 1 is 0.718 bits per heavy atom. The first-order valence-corrected chi connectivity index (χ1v) is 12.8. The number of rotatable bonds is 8. The minimum atomic E-state index is -1.73. The van der Waals surface area contributed by atoms with Gasteiger partial charge < -0.3 is 74.6 Å². The van der Waals surface area contributed by atoms with Crippen LogP contribution in [0.15, 0.2) is 0 Å². The van der Waals surface area contributed by atoms with E-state index in [0.29, 0.717) is 0 Å². The molecule has 1 amide bonds. The van der Waals surface area contributed by atoms with E-state index < -0.39 is 111 Å². The number of amides is 1. The maximum absolute atomic E-state index is 11.8. The first-order chi connectivity index (χ1) is 18.4. The summed E-state index contributed by atoms with van der Waals surface area (Å²) in [7, 11) is 1.22. The van der Waals surface area contributed by atoms with E-state index >= 15 is 0 Å². The summed E-state index contributed by atoms with van der Waals surface area (Å²) in [5.74, 6) is -0.612. The minimum absolute atomic E-state index is 0.612. The third-order valence-electron chi connectivity index (χ3n) is 6.67. The van der Waals surface area contributed by atoms with Crippen LogP contribution in [0.3, 0.4) is 0 Å². The molecule has 230 valence electrons. The number of aliphatic hydroxyl groups is 8. The molecule has 3 saturated heterocycles. The van der Waals surface area contributed by atoms with Gasteiger partial charge >= 0.3 is 0 Å². The molecule has 15 unspecified atom stereocenters. The molecular formula is C23H43NO15. The second kappa shape index (κ2) is 15.2. The Bertz CT molecular complexity index is 748. The molecule has 3 aliphatic heterocycles. The van der Waals surface area contributed by atoms with Crippen LogP contribution in [0.5, 0.6) is 0 Å². The molecule has 39 heavy (non-hydrogen) atoms. The van der Waals surface area contributed by atoms with E-state index in [1.54, 1.807) is 0 Å². The van der Waals surface area contributed by atoms with Crippen LogP contribution in [0.1, 0.15) is 27.7 Å². The molecule has 0 saturated carbocycles. The van der Waals surface area contributed by atoms with Gasteiger partial charge in [-0.15, -0.1) is 0 Å². The second-order valence-corrected chi connectivity index (χ2v) is 9.27. The Hall–Kier alpha value is -1.09. The maximum Gasteiger partial charge on any atom is 0.217 e. The average molecular weight is 574 g/mol. The van der Waals surface area contributed by atoms with E-state index in [0.717, 1.165) is 6.92 Å². The zero-order chi connectivity index (χ0) is 29.6. The number of aliphatic hydroxyl groups excluding tert-OH is 8. The minimum Gasteiger partial charge on any atom is -0.394 e. The van der Waals surface area contributed by atoms with Crippen molar-refractivity contribution in [2.45, 2.75) is 120 Å². The summed E-state index contributed by atoms with van der Waals surface area (Å²) in [5, 5.41) is 84.0. The molecule has 0 radical (unpaired) electrons. The quantitative estimate of drug-likeness (QED) is 0.132. The summed E-state index contributed by atoms with van der Waals surface area (Å²) in [4.78, 5) is 11.8. The van der Waals surface area contributed by atoms with Crippen molar-refractivity contribution >= 4 is 5.91 Å². The fraction of sp³-hybridized carbons (Fsp3) is 0.957. The highest BCUT2D eigenvalue weighted by Crippen LogP contribution is 2.33. The average Bonchev–Trinajstić information content (AvgIpc) is 2.92. The molecule has 15 atom stereocenters. The van der Waals surface area contributed by atoms with Gasteiger partial charge in [0, 0.05) is 14.0 Å². The summed E-state index contributed by atoms with van der Waals surface area (Å²) in [6.07, 6.45) is -20.6. The molecule has 16 heteroatoms. The Morgan fingerprint density at radius 2 is 1.26 bits per heavy atom. The number of carbonyl (C=O) groups excluding carboxylic acids is 1. The van der Waals surface area contributed by atoms with Crippen molar-refractivity contribution in [1.29, 1.82) is 0 Å². The normalized spacial score (nSPS) is 46.6. The van der Waals surface area contributed by atoms with Crippen LogP contribution in [0, 0.1) is 0 Å². The molecule has 3 fully saturated rings. The lowest BCUT2D eigenvalue weighted by Crippen LogP contribution is -2.68. The van der Waals surface area contributed by atoms with Gasteiger partial charge in [-0.3, -0.25) is 4.79 Å². The number of methoxy groups -OCH3 is 1. The van der Waals surface area contributed by atoms with E-state index in [4.69, 9.17) is 28.4 Å². The Kier molecular flexibility index (Phi) is 13.3. The van der Waals surface area contributed by atoms with E-state index in [1.165, 1.54) is 14.0 Å². The van der Waals surface area contributed by atoms with E-state index in [9.17, 15) is 45.6 Å². The van der Waals surface area contributed by atoms with Gasteiger partial charge in [0.15, 0.2) is 18.9 Å². The summed E-state index contributed by atoms with van der Waals surface area (Å²) in [6, 6.07) is -1.37. The SMILES string of the molecule is CC.COC1OC(CO)C(O)C(OC2OC(CO)C(O)C(O)C2NC(C)=O)C1OC1OC(C)C(O)C(O)C1O. The van der Waals surface area contributed by atoms with E-state index in [-0.39, 0.29) is 0 Å². The fourth-order valence-corrected chi connectivity index (χ4v) is 4.55. The first-order valence-electron chi connectivity index (χ1n) is 12.8. The first kappa shape index (κ1) is 34.1. The second-order valence-electron chi connectivity index (χ2n) is 9.27. The topological polar surface area (TPSA) is 246 Å². The largest absolute Gasteiger partial charge is 0.394 e. The monoisotopic (exact) mass is 573 g/mol. The number of hydrogen-bond donors (Lipinski definition) is 9. The Labute approximate surface area is 226 Å². The van der Waals surface area contributed by atoms with E-state index in [1.807, 2.05) is 13.8 Å². The van der Waals surface area contributed by atoms with Crippen molar-refractivity contribution in [1.82, 2.24) is 5.32 Å². The van der Waals surface area contributed by atoms with Crippen LogP contribution < -0.4 is 5.32 Å². The molecule has 3 aliphatic rings. The molecule has 3 heterocycles. The highest BCUT2D eigenvalue weighted by molar-refractivity contribution is 5.73. The summed E-state index contributed by atoms with van der Waals surface area (Å²) in [5.41, 5.74) is 0. The van der Waals surface area contributed by atoms with Crippen LogP contribution >= 0.6 is 0 Å². The molecule has 16 nitrogen and oxygen atoms in total. The van der Waals surface area contributed by atoms with E-state index in [2.05, 4.69) is 5.32 Å². The molecule has 0 spiro atoms. The molecule has 0 aliphatic carbocycles. The van der Waals surface area contributed by atoms with Crippen molar-refractivity contribution in [3.05, 3.63) is 0 Å². The molecule has 0 bridgehead atoms. The van der Waals surface area contributed by atoms with Gasteiger partial charge in [-0.25, -0.2) is 0 Å². The van der Waals surface area contributed by atoms with Gasteiger partial charge in [-0.05, 0) is 6.92 Å². The third kappa shape index (κ3) is 7.60. The molecule has 9 N–H and O–H groups in total. The predicted octanol–water partition coefficient (Wildman–Crippen LogP) is -4.72. The number of carbonyl (C=O) groups is 1. The smallest absolute Gasteiger partial charge is 0.217 e. The zero-order valence-electron chi connectivity index (χ0n) is 22.5. The predicted molar refractivity (Wildman–Crippen MR) is 128 cm³/mol. The van der Waals surface area contributed by atoms with Crippen molar-refractivity contribution in [3.8, 4) is 0 Å². The van der Waals surface area contributed by atoms with Gasteiger partial charge in [-0.1, -0.05) is 13.8 Å². The number of hydrogen-bond acceptors (Lipinski definition) is 15. The molecule has 0 aromatic carbocycles. The highest BCUT2D eigenvalue weighted by Gasteiger charge is 2.54. The zero-order valence-corrected chi connectivity index (χ0v) is 22.5. The molecule has 3 rings (SSSR count). The standard InChI is InChI=1S/C21H37NO15.C2H6/c1-6-11(26)15(30)16(31)20(33-6)37-18-17(13(28)9(5-24)35-21(18)32-3)36-19-10(22-7(2)25)14(29)12(27)8(4-23)34-19;1-2/h6,8-21,23-24,26-31H,4-5H2,1-3H3,(H,22,25);1-2H3. The van der Waals surface area contributed by atoms with Crippen LogP contribution in [-0.4, -0.2) is 159 Å². The van der Waals surface area contributed by atoms with Crippen LogP contribution in [-0.2, 0) is 33.2 Å². The maximum atomic E-state index is 11.8. The third-order valence-corrected chi connectivity index (χ3v) is 6.67. The van der Waals surface area contributed by atoms with Crippen molar-refractivity contribution in [3.63, 3.8) is 0 Å². The lowest BCUT2D eigenvalue weighted by Gasteiger charge is -2.49. The Morgan fingerprint density at radius 3 is 1.79 bits per heavy atom. The van der Waals surface area contributed by atoms with Crippen molar-refractivity contribution < 1.29 is 74.1 Å². The van der Waals surface area contributed by atoms with Crippen LogP contribution in [0.4, 0.5) is 0 Å². The van der Waals surface area contributed by atoms with Crippen molar-refractivity contribution in [2.24, 2.45) is 0 Å².